The highest BCUT2D eigenvalue weighted by Gasteiger charge is 2.34. The van der Waals surface area contributed by atoms with E-state index in [2.05, 4.69) is 10.6 Å². The van der Waals surface area contributed by atoms with Gasteiger partial charge in [-0.1, -0.05) is 6.07 Å². The van der Waals surface area contributed by atoms with Crippen LogP contribution in [0.3, 0.4) is 0 Å². The van der Waals surface area contributed by atoms with Crippen molar-refractivity contribution in [1.29, 1.82) is 0 Å². The lowest BCUT2D eigenvalue weighted by Crippen LogP contribution is -2.45. The van der Waals surface area contributed by atoms with Gasteiger partial charge in [0.05, 0.1) is 25.8 Å². The van der Waals surface area contributed by atoms with Crippen LogP contribution in [0.15, 0.2) is 47.7 Å². The smallest absolute Gasteiger partial charge is 0.338 e. The molecule has 162 valence electrons. The number of hydrogen-bond donors (Lipinski definition) is 2. The SMILES string of the molecule is COc1ccc(OC)c(C2NC(=O)NC(C)=C2C(=O)OCc2ccc3c(c2)OCO3)c1. The molecule has 0 spiro atoms. The molecule has 1 atom stereocenters. The number of amides is 2. The average molecular weight is 426 g/mol. The first-order valence-electron chi connectivity index (χ1n) is 9.56. The molecule has 4 rings (SSSR count). The van der Waals surface area contributed by atoms with Gasteiger partial charge < -0.3 is 34.3 Å². The highest BCUT2D eigenvalue weighted by molar-refractivity contribution is 5.95. The Morgan fingerprint density at radius 2 is 1.90 bits per heavy atom. The molecule has 9 nitrogen and oxygen atoms in total. The molecule has 0 saturated carbocycles. The van der Waals surface area contributed by atoms with Gasteiger partial charge in [0.15, 0.2) is 11.5 Å². The number of rotatable bonds is 6. The van der Waals surface area contributed by atoms with Crippen LogP contribution in [0.4, 0.5) is 4.79 Å². The van der Waals surface area contributed by atoms with Crippen LogP contribution < -0.4 is 29.6 Å². The van der Waals surface area contributed by atoms with Crippen molar-refractivity contribution < 1.29 is 33.3 Å². The van der Waals surface area contributed by atoms with Gasteiger partial charge in [-0.05, 0) is 42.8 Å². The summed E-state index contributed by atoms with van der Waals surface area (Å²) in [5.41, 5.74) is 1.99. The predicted octanol–water partition coefficient (Wildman–Crippen LogP) is 2.80. The minimum absolute atomic E-state index is 0.0299. The summed E-state index contributed by atoms with van der Waals surface area (Å²) in [5.74, 6) is 1.75. The Morgan fingerprint density at radius 3 is 2.68 bits per heavy atom. The second-order valence-corrected chi connectivity index (χ2v) is 6.94. The largest absolute Gasteiger partial charge is 0.497 e. The number of benzene rings is 2. The third kappa shape index (κ3) is 4.07. The minimum Gasteiger partial charge on any atom is -0.497 e. The van der Waals surface area contributed by atoms with Gasteiger partial charge in [-0.3, -0.25) is 0 Å². The molecule has 2 aliphatic heterocycles. The zero-order valence-corrected chi connectivity index (χ0v) is 17.3. The number of esters is 1. The Bertz CT molecular complexity index is 1060. The molecule has 0 bridgehead atoms. The van der Waals surface area contributed by atoms with Gasteiger partial charge in [0.1, 0.15) is 18.1 Å². The van der Waals surface area contributed by atoms with Gasteiger partial charge in [-0.2, -0.15) is 0 Å². The molecule has 0 fully saturated rings. The Kier molecular flexibility index (Phi) is 5.57. The van der Waals surface area contributed by atoms with E-state index < -0.39 is 18.0 Å². The van der Waals surface area contributed by atoms with E-state index >= 15 is 0 Å². The van der Waals surface area contributed by atoms with Gasteiger partial charge in [0.2, 0.25) is 6.79 Å². The number of carbonyl (C=O) groups excluding carboxylic acids is 2. The van der Waals surface area contributed by atoms with E-state index in [1.165, 1.54) is 14.2 Å². The number of fused-ring (bicyclic) bond motifs is 1. The predicted molar refractivity (Wildman–Crippen MR) is 109 cm³/mol. The van der Waals surface area contributed by atoms with Crippen LogP contribution in [0.2, 0.25) is 0 Å². The van der Waals surface area contributed by atoms with Crippen LogP contribution in [0.5, 0.6) is 23.0 Å². The Hall–Kier alpha value is -3.88. The molecule has 2 N–H and O–H groups in total. The molecule has 0 saturated heterocycles. The maximum atomic E-state index is 13.1. The first kappa shape index (κ1) is 20.4. The molecule has 0 aliphatic carbocycles. The van der Waals surface area contributed by atoms with E-state index in [4.69, 9.17) is 23.7 Å². The fourth-order valence-electron chi connectivity index (χ4n) is 3.52. The van der Waals surface area contributed by atoms with E-state index in [1.54, 1.807) is 43.3 Å². The van der Waals surface area contributed by atoms with Crippen molar-refractivity contribution in [3.8, 4) is 23.0 Å². The monoisotopic (exact) mass is 426 g/mol. The molecule has 2 aromatic rings. The Balaban J connectivity index is 1.60. The number of methoxy groups -OCH3 is 2. The molecule has 1 unspecified atom stereocenters. The molecular formula is C22H22N2O7. The van der Waals surface area contributed by atoms with Gasteiger partial charge in [-0.25, -0.2) is 9.59 Å². The highest BCUT2D eigenvalue weighted by atomic mass is 16.7. The van der Waals surface area contributed by atoms with Crippen LogP contribution in [0.25, 0.3) is 0 Å². The van der Waals surface area contributed by atoms with Gasteiger partial charge >= 0.3 is 12.0 Å². The number of allylic oxidation sites excluding steroid dienone is 1. The van der Waals surface area contributed by atoms with Crippen molar-refractivity contribution in [2.24, 2.45) is 0 Å². The molecule has 9 heteroatoms. The fourth-order valence-corrected chi connectivity index (χ4v) is 3.52. The van der Waals surface area contributed by atoms with E-state index in [9.17, 15) is 9.59 Å². The second-order valence-electron chi connectivity index (χ2n) is 6.94. The topological polar surface area (TPSA) is 104 Å². The first-order valence-corrected chi connectivity index (χ1v) is 9.56. The Labute approximate surface area is 178 Å². The summed E-state index contributed by atoms with van der Waals surface area (Å²) < 4.78 is 26.9. The van der Waals surface area contributed by atoms with Crippen LogP contribution in [-0.2, 0) is 16.1 Å². The van der Waals surface area contributed by atoms with Gasteiger partial charge in [0.25, 0.3) is 0 Å². The van der Waals surface area contributed by atoms with Gasteiger partial charge in [-0.15, -0.1) is 0 Å². The molecule has 2 heterocycles. The minimum atomic E-state index is -0.775. The number of ether oxygens (including phenoxy) is 5. The molecule has 2 amide bonds. The molecular weight excluding hydrogens is 404 g/mol. The zero-order chi connectivity index (χ0) is 22.0. The number of nitrogens with one attached hydrogen (secondary N) is 2. The highest BCUT2D eigenvalue weighted by Crippen LogP contribution is 2.36. The maximum absolute atomic E-state index is 13.1. The lowest BCUT2D eigenvalue weighted by molar-refractivity contribution is -0.140. The van der Waals surface area contributed by atoms with E-state index in [0.717, 1.165) is 5.56 Å². The fraction of sp³-hybridized carbons (Fsp3) is 0.273. The van der Waals surface area contributed by atoms with Crippen LogP contribution in [0, 0.1) is 0 Å². The quantitative estimate of drug-likeness (QED) is 0.685. The van der Waals surface area contributed by atoms with E-state index in [1.807, 2.05) is 0 Å². The molecule has 0 aromatic heterocycles. The van der Waals surface area contributed by atoms with Crippen LogP contribution in [-0.4, -0.2) is 33.0 Å². The summed E-state index contributed by atoms with van der Waals surface area (Å²) >= 11 is 0. The van der Waals surface area contributed by atoms with Gasteiger partial charge in [0, 0.05) is 11.3 Å². The first-order chi connectivity index (χ1) is 15.0. The van der Waals surface area contributed by atoms with Crippen LogP contribution in [0.1, 0.15) is 24.1 Å². The zero-order valence-electron chi connectivity index (χ0n) is 17.3. The summed E-state index contributed by atoms with van der Waals surface area (Å²) in [6.45, 7) is 1.85. The van der Waals surface area contributed by atoms with Crippen molar-refractivity contribution >= 4 is 12.0 Å². The number of urea groups is 1. The number of hydrogen-bond acceptors (Lipinski definition) is 7. The number of carbonyl (C=O) groups is 2. The summed E-state index contributed by atoms with van der Waals surface area (Å²) in [4.78, 5) is 25.2. The average Bonchev–Trinajstić information content (AvgIpc) is 3.24. The molecule has 31 heavy (non-hydrogen) atoms. The lowest BCUT2D eigenvalue weighted by Gasteiger charge is -2.29. The normalized spacial score (nSPS) is 17.0. The van der Waals surface area contributed by atoms with Crippen molar-refractivity contribution in [3.05, 3.63) is 58.8 Å². The lowest BCUT2D eigenvalue weighted by atomic mass is 9.94. The van der Waals surface area contributed by atoms with Crippen molar-refractivity contribution in [1.82, 2.24) is 10.6 Å². The molecule has 0 radical (unpaired) electrons. The van der Waals surface area contributed by atoms with Crippen LogP contribution >= 0.6 is 0 Å². The third-order valence-electron chi connectivity index (χ3n) is 5.04. The van der Waals surface area contributed by atoms with Crippen molar-refractivity contribution in [3.63, 3.8) is 0 Å². The summed E-state index contributed by atoms with van der Waals surface area (Å²) in [6.07, 6.45) is 0. The summed E-state index contributed by atoms with van der Waals surface area (Å²) in [7, 11) is 3.05. The summed E-state index contributed by atoms with van der Waals surface area (Å²) in [6, 6.07) is 9.29. The summed E-state index contributed by atoms with van der Waals surface area (Å²) in [5, 5.41) is 5.40. The van der Waals surface area contributed by atoms with E-state index in [-0.39, 0.29) is 19.0 Å². The van der Waals surface area contributed by atoms with Crippen molar-refractivity contribution in [2.75, 3.05) is 21.0 Å². The third-order valence-corrected chi connectivity index (χ3v) is 5.04. The molecule has 2 aliphatic rings. The second kappa shape index (κ2) is 8.47. The Morgan fingerprint density at radius 1 is 1.10 bits per heavy atom. The van der Waals surface area contributed by atoms with Crippen molar-refractivity contribution in [2.45, 2.75) is 19.6 Å². The van der Waals surface area contributed by atoms with E-state index in [0.29, 0.717) is 34.3 Å². The molecule has 2 aromatic carbocycles. The standard InChI is InChI=1S/C22H22N2O7/c1-12-19(21(25)29-10-13-4-6-17-18(8-13)31-11-30-17)20(24-22(26)23-12)15-9-14(27-2)5-7-16(15)28-3/h4-9,20H,10-11H2,1-3H3,(H2,23,24,26). The maximum Gasteiger partial charge on any atom is 0.338 e.